The van der Waals surface area contributed by atoms with Gasteiger partial charge in [-0.2, -0.15) is 0 Å². The minimum Gasteiger partial charge on any atom is -0.481 e. The highest BCUT2D eigenvalue weighted by Crippen LogP contribution is 2.19. The molecule has 0 aromatic heterocycles. The average Bonchev–Trinajstić information content (AvgIpc) is 2.43. The fourth-order valence-corrected chi connectivity index (χ4v) is 1.95. The zero-order valence-corrected chi connectivity index (χ0v) is 13.1. The number of rotatable bonds is 7. The van der Waals surface area contributed by atoms with E-state index in [1.807, 2.05) is 24.3 Å². The number of esters is 1. The van der Waals surface area contributed by atoms with Gasteiger partial charge in [0, 0.05) is 0 Å². The number of carboxylic acids is 1. The first-order valence-corrected chi connectivity index (χ1v) is 7.29. The second-order valence-corrected chi connectivity index (χ2v) is 5.93. The lowest BCUT2D eigenvalue weighted by atomic mass is 9.97. The lowest BCUT2D eigenvalue weighted by molar-refractivity contribution is -0.151. The molecule has 0 amide bonds. The van der Waals surface area contributed by atoms with Gasteiger partial charge >= 0.3 is 11.9 Å². The molecule has 116 valence electrons. The molecule has 0 aliphatic carbocycles. The number of carboxylic acid groups (broad SMARTS) is 1. The van der Waals surface area contributed by atoms with Gasteiger partial charge in [-0.15, -0.1) is 0 Å². The van der Waals surface area contributed by atoms with Crippen molar-refractivity contribution >= 4 is 11.9 Å². The van der Waals surface area contributed by atoms with Gasteiger partial charge in [-0.1, -0.05) is 38.1 Å². The molecule has 1 aromatic rings. The molecular formula is C17H24O4. The topological polar surface area (TPSA) is 63.6 Å². The second-order valence-electron chi connectivity index (χ2n) is 5.93. The van der Waals surface area contributed by atoms with Gasteiger partial charge in [-0.05, 0) is 37.3 Å². The normalized spacial score (nSPS) is 13.8. The molecule has 1 aromatic carbocycles. The molecule has 21 heavy (non-hydrogen) atoms. The van der Waals surface area contributed by atoms with Crippen LogP contribution in [0.15, 0.2) is 24.3 Å². The van der Waals surface area contributed by atoms with Gasteiger partial charge in [-0.25, -0.2) is 0 Å². The Kier molecular flexibility index (Phi) is 6.40. The van der Waals surface area contributed by atoms with Crippen molar-refractivity contribution in [3.8, 4) is 0 Å². The Morgan fingerprint density at radius 3 is 2.14 bits per heavy atom. The second kappa shape index (κ2) is 7.81. The summed E-state index contributed by atoms with van der Waals surface area (Å²) in [5.74, 6) is -1.84. The van der Waals surface area contributed by atoms with Gasteiger partial charge in [0.1, 0.15) is 6.61 Å². The van der Waals surface area contributed by atoms with Crippen molar-refractivity contribution in [1.82, 2.24) is 0 Å². The number of ether oxygens (including phenoxy) is 1. The molecule has 0 aliphatic rings. The van der Waals surface area contributed by atoms with Gasteiger partial charge in [0.05, 0.1) is 11.8 Å². The summed E-state index contributed by atoms with van der Waals surface area (Å²) in [6.45, 7) is 7.52. The Balaban J connectivity index is 2.59. The van der Waals surface area contributed by atoms with E-state index in [1.165, 1.54) is 12.5 Å². The quantitative estimate of drug-likeness (QED) is 0.783. The molecule has 0 saturated heterocycles. The van der Waals surface area contributed by atoms with Gasteiger partial charge in [0.2, 0.25) is 0 Å². The van der Waals surface area contributed by atoms with Crippen LogP contribution in [0.1, 0.15) is 44.7 Å². The first-order chi connectivity index (χ1) is 9.81. The lowest BCUT2D eigenvalue weighted by Crippen LogP contribution is -2.21. The van der Waals surface area contributed by atoms with Crippen LogP contribution in [-0.2, 0) is 20.7 Å². The summed E-state index contributed by atoms with van der Waals surface area (Å²) in [6.07, 6.45) is 1.01. The molecule has 0 heterocycles. The maximum atomic E-state index is 11.9. The lowest BCUT2D eigenvalue weighted by Gasteiger charge is -2.14. The number of aliphatic carboxylic acids is 1. The molecule has 0 saturated carbocycles. The van der Waals surface area contributed by atoms with E-state index in [0.717, 1.165) is 12.0 Å². The van der Waals surface area contributed by atoms with E-state index in [-0.39, 0.29) is 18.5 Å². The third-order valence-electron chi connectivity index (χ3n) is 3.37. The summed E-state index contributed by atoms with van der Waals surface area (Å²) < 4.78 is 5.06. The summed E-state index contributed by atoms with van der Waals surface area (Å²) in [6, 6.07) is 7.92. The smallest absolute Gasteiger partial charge is 0.313 e. The van der Waals surface area contributed by atoms with Crippen molar-refractivity contribution in [2.24, 2.45) is 11.8 Å². The predicted molar refractivity (Wildman–Crippen MR) is 81.2 cm³/mol. The van der Waals surface area contributed by atoms with Crippen LogP contribution in [0.2, 0.25) is 0 Å². The van der Waals surface area contributed by atoms with Crippen LogP contribution in [0.5, 0.6) is 0 Å². The standard InChI is InChI=1S/C17H24O4/c1-11(2)9-14-5-7-15(8-6-14)13(4)17(20)21-10-12(3)16(18)19/h5-8,11-13H,9-10H2,1-4H3,(H,18,19)/t12-,13?/m0/s1. The number of carbonyl (C=O) groups is 2. The van der Waals surface area contributed by atoms with Crippen LogP contribution in [0.25, 0.3) is 0 Å². The zero-order chi connectivity index (χ0) is 16.0. The van der Waals surface area contributed by atoms with E-state index >= 15 is 0 Å². The molecule has 4 heteroatoms. The largest absolute Gasteiger partial charge is 0.481 e. The Morgan fingerprint density at radius 2 is 1.67 bits per heavy atom. The Labute approximate surface area is 126 Å². The minimum absolute atomic E-state index is 0.0933. The number of hydrogen-bond donors (Lipinski definition) is 1. The average molecular weight is 292 g/mol. The van der Waals surface area contributed by atoms with Gasteiger partial charge in [-0.3, -0.25) is 9.59 Å². The maximum Gasteiger partial charge on any atom is 0.313 e. The van der Waals surface area contributed by atoms with Crippen LogP contribution < -0.4 is 0 Å². The molecule has 2 atom stereocenters. The van der Waals surface area contributed by atoms with Crippen molar-refractivity contribution in [1.29, 1.82) is 0 Å². The van der Waals surface area contributed by atoms with Crippen LogP contribution in [0.3, 0.4) is 0 Å². The zero-order valence-electron chi connectivity index (χ0n) is 13.1. The van der Waals surface area contributed by atoms with E-state index in [4.69, 9.17) is 9.84 Å². The molecule has 0 bridgehead atoms. The highest BCUT2D eigenvalue weighted by molar-refractivity contribution is 5.78. The molecule has 0 spiro atoms. The monoisotopic (exact) mass is 292 g/mol. The van der Waals surface area contributed by atoms with Crippen LogP contribution in [0, 0.1) is 11.8 Å². The summed E-state index contributed by atoms with van der Waals surface area (Å²) in [7, 11) is 0. The molecule has 1 unspecified atom stereocenters. The molecule has 0 fully saturated rings. The minimum atomic E-state index is -0.964. The Hall–Kier alpha value is -1.84. The van der Waals surface area contributed by atoms with Crippen molar-refractivity contribution in [2.45, 2.75) is 40.0 Å². The third kappa shape index (κ3) is 5.58. The van der Waals surface area contributed by atoms with Crippen molar-refractivity contribution in [2.75, 3.05) is 6.61 Å². The first-order valence-electron chi connectivity index (χ1n) is 7.29. The molecule has 0 aliphatic heterocycles. The van der Waals surface area contributed by atoms with E-state index in [2.05, 4.69) is 13.8 Å². The van der Waals surface area contributed by atoms with Crippen molar-refractivity contribution < 1.29 is 19.4 Å². The highest BCUT2D eigenvalue weighted by Gasteiger charge is 2.19. The summed E-state index contributed by atoms with van der Waals surface area (Å²) in [4.78, 5) is 22.6. The molecule has 4 nitrogen and oxygen atoms in total. The molecule has 0 radical (unpaired) electrons. The maximum absolute atomic E-state index is 11.9. The summed E-state index contributed by atoms with van der Waals surface area (Å²) in [5, 5.41) is 8.76. The summed E-state index contributed by atoms with van der Waals surface area (Å²) in [5.41, 5.74) is 2.13. The molecule has 1 N–H and O–H groups in total. The van der Waals surface area contributed by atoms with E-state index in [9.17, 15) is 9.59 Å². The van der Waals surface area contributed by atoms with Gasteiger partial charge < -0.3 is 9.84 Å². The summed E-state index contributed by atoms with van der Waals surface area (Å²) >= 11 is 0. The van der Waals surface area contributed by atoms with Crippen molar-refractivity contribution in [3.63, 3.8) is 0 Å². The number of carbonyl (C=O) groups excluding carboxylic acids is 1. The number of benzene rings is 1. The van der Waals surface area contributed by atoms with Crippen LogP contribution in [-0.4, -0.2) is 23.7 Å². The van der Waals surface area contributed by atoms with Gasteiger partial charge in [0.25, 0.3) is 0 Å². The predicted octanol–water partition coefficient (Wildman–Crippen LogP) is 3.25. The first kappa shape index (κ1) is 17.2. The van der Waals surface area contributed by atoms with E-state index in [1.54, 1.807) is 6.92 Å². The van der Waals surface area contributed by atoms with E-state index in [0.29, 0.717) is 5.92 Å². The Morgan fingerprint density at radius 1 is 1.10 bits per heavy atom. The fraction of sp³-hybridized carbons (Fsp3) is 0.529. The SMILES string of the molecule is CC(C)Cc1ccc(C(C)C(=O)OC[C@H](C)C(=O)O)cc1. The highest BCUT2D eigenvalue weighted by atomic mass is 16.5. The molecular weight excluding hydrogens is 268 g/mol. The van der Waals surface area contributed by atoms with Crippen molar-refractivity contribution in [3.05, 3.63) is 35.4 Å². The van der Waals surface area contributed by atoms with Crippen LogP contribution >= 0.6 is 0 Å². The third-order valence-corrected chi connectivity index (χ3v) is 3.37. The Bertz CT molecular complexity index is 476. The van der Waals surface area contributed by atoms with Gasteiger partial charge in [0.15, 0.2) is 0 Å². The fourth-order valence-electron chi connectivity index (χ4n) is 1.95. The molecule has 1 rings (SSSR count). The van der Waals surface area contributed by atoms with E-state index < -0.39 is 11.9 Å². The number of hydrogen-bond acceptors (Lipinski definition) is 3. The van der Waals surface area contributed by atoms with Crippen LogP contribution in [0.4, 0.5) is 0 Å².